The quantitative estimate of drug-likeness (QED) is 0.0395. The van der Waals surface area contributed by atoms with E-state index in [4.69, 9.17) is 28.3 Å². The third-order valence-electron chi connectivity index (χ3n) is 9.14. The first-order chi connectivity index (χ1) is 28.2. The van der Waals surface area contributed by atoms with E-state index in [1.54, 1.807) is 36.4 Å². The van der Waals surface area contributed by atoms with Crippen molar-refractivity contribution in [2.24, 2.45) is 20.5 Å². The van der Waals surface area contributed by atoms with Gasteiger partial charge in [0, 0.05) is 44.7 Å². The number of hydrogen-bond donors (Lipinski definition) is 6. The van der Waals surface area contributed by atoms with Crippen LogP contribution in [-0.2, 0) is 17.4 Å². The number of halogens is 2. The van der Waals surface area contributed by atoms with E-state index in [9.17, 15) is 20.4 Å². The van der Waals surface area contributed by atoms with Gasteiger partial charge in [-0.3, -0.25) is 0 Å². The summed E-state index contributed by atoms with van der Waals surface area (Å²) in [4.78, 5) is 0. The molecular weight excluding hydrogens is 825 g/mol. The van der Waals surface area contributed by atoms with Gasteiger partial charge in [0.05, 0.1) is 6.61 Å². The van der Waals surface area contributed by atoms with Gasteiger partial charge in [0.15, 0.2) is 0 Å². The van der Waals surface area contributed by atoms with Crippen LogP contribution in [0, 0.1) is 0 Å². The van der Waals surface area contributed by atoms with Crippen LogP contribution in [0.1, 0.15) is 72.6 Å². The van der Waals surface area contributed by atoms with Crippen molar-refractivity contribution in [3.63, 3.8) is 0 Å². The van der Waals surface area contributed by atoms with Crippen LogP contribution in [0.2, 0.25) is 10.0 Å². The zero-order valence-electron chi connectivity index (χ0n) is 34.3. The van der Waals surface area contributed by atoms with Crippen molar-refractivity contribution in [1.29, 1.82) is 0 Å². The molecule has 0 aliphatic heterocycles. The molecule has 0 aliphatic rings. The molecule has 0 saturated heterocycles. The van der Waals surface area contributed by atoms with Crippen LogP contribution >= 0.6 is 23.2 Å². The molecular formula is C46H54Cl2CrN5O5+. The summed E-state index contributed by atoms with van der Waals surface area (Å²) >= 11 is 11.7. The average Bonchev–Trinajstić information content (AvgIpc) is 3.23. The molecule has 6 rings (SSSR count). The number of nitrogens with one attached hydrogen (secondary N) is 1. The van der Waals surface area contributed by atoms with E-state index in [0.717, 1.165) is 34.6 Å². The van der Waals surface area contributed by atoms with Gasteiger partial charge in [0.1, 0.15) is 45.7 Å². The number of rotatable bonds is 17. The van der Waals surface area contributed by atoms with Gasteiger partial charge >= 0.3 is 1.43 Å². The maximum Gasteiger partial charge on any atom is 1.00 e. The van der Waals surface area contributed by atoms with Gasteiger partial charge in [0.25, 0.3) is 0 Å². The molecule has 0 atom stereocenters. The molecule has 0 saturated carbocycles. The fourth-order valence-corrected chi connectivity index (χ4v) is 6.33. The molecule has 6 aromatic rings. The molecule has 0 aromatic heterocycles. The minimum atomic E-state index is -0.0251. The second-order valence-electron chi connectivity index (χ2n) is 13.6. The average molecular weight is 880 g/mol. The molecule has 10 nitrogen and oxygen atoms in total. The second kappa shape index (κ2) is 27.1. The SMILES string of the molecule is CCCCCCCCCCCCNCCO.Oc1ccc(Cl)cc1N=Nc1c(O)ccc2ccccc12.Oc1ccc(Cl)cc1N=Nc1c(O)ccc2ccccc12.[Cr].[H+]. The summed E-state index contributed by atoms with van der Waals surface area (Å²) in [6, 6.07) is 30.8. The molecule has 59 heavy (non-hydrogen) atoms. The molecule has 6 aromatic carbocycles. The number of phenols is 4. The van der Waals surface area contributed by atoms with E-state index in [-0.39, 0.29) is 59.8 Å². The number of phenolic OH excluding ortho intramolecular Hbond substituents is 4. The molecule has 6 N–H and O–H groups in total. The van der Waals surface area contributed by atoms with E-state index in [0.29, 0.717) is 21.4 Å². The Hall–Kier alpha value is -4.73. The van der Waals surface area contributed by atoms with Gasteiger partial charge in [-0.25, -0.2) is 0 Å². The van der Waals surface area contributed by atoms with Crippen LogP contribution in [0.4, 0.5) is 22.7 Å². The summed E-state index contributed by atoms with van der Waals surface area (Å²) in [5.74, 6) is 0.00342. The Bertz CT molecular complexity index is 2090. The number of aliphatic hydroxyl groups excluding tert-OH is 1. The predicted octanol–water partition coefficient (Wildman–Crippen LogP) is 14.2. The monoisotopic (exact) mass is 878 g/mol. The molecule has 312 valence electrons. The Labute approximate surface area is 368 Å². The number of nitrogens with zero attached hydrogens (tertiary/aromatic N) is 4. The van der Waals surface area contributed by atoms with Crippen molar-refractivity contribution in [3.8, 4) is 23.0 Å². The second-order valence-corrected chi connectivity index (χ2v) is 14.5. The molecule has 0 fully saturated rings. The molecule has 0 unspecified atom stereocenters. The third-order valence-corrected chi connectivity index (χ3v) is 9.61. The zero-order valence-corrected chi connectivity index (χ0v) is 36.1. The maximum atomic E-state index is 9.97. The first-order valence-electron chi connectivity index (χ1n) is 19.7. The Morgan fingerprint density at radius 2 is 0.898 bits per heavy atom. The van der Waals surface area contributed by atoms with Crippen LogP contribution in [-0.4, -0.2) is 45.2 Å². The van der Waals surface area contributed by atoms with Crippen LogP contribution in [0.5, 0.6) is 23.0 Å². The van der Waals surface area contributed by atoms with Crippen molar-refractivity contribution >= 4 is 67.5 Å². The van der Waals surface area contributed by atoms with Gasteiger partial charge in [-0.15, -0.1) is 20.5 Å². The Morgan fingerprint density at radius 1 is 0.492 bits per heavy atom. The van der Waals surface area contributed by atoms with Crippen molar-refractivity contribution < 1.29 is 44.3 Å². The summed E-state index contributed by atoms with van der Waals surface area (Å²) in [7, 11) is 0. The van der Waals surface area contributed by atoms with Crippen molar-refractivity contribution in [1.82, 2.24) is 5.32 Å². The largest absolute Gasteiger partial charge is 1.00 e. The van der Waals surface area contributed by atoms with Gasteiger partial charge < -0.3 is 30.8 Å². The first kappa shape index (κ1) is 48.6. The molecule has 0 aliphatic carbocycles. The number of benzene rings is 6. The minimum Gasteiger partial charge on any atom is -0.506 e. The Morgan fingerprint density at radius 3 is 1.34 bits per heavy atom. The van der Waals surface area contributed by atoms with E-state index in [1.165, 1.54) is 88.5 Å². The number of azo groups is 2. The van der Waals surface area contributed by atoms with Gasteiger partial charge in [-0.2, -0.15) is 0 Å². The standard InChI is InChI=1S/2C16H11ClN2O2.C14H31NO.Cr/c2*17-11-6-8-14(20)13(9-11)18-19-16-12-4-2-1-3-10(12)5-7-15(16)21;1-2-3-4-5-6-7-8-9-10-11-12-15-13-14-16;/h2*1-9,20-21H;15-16H,2-14H2,1H3;/p+1. The summed E-state index contributed by atoms with van der Waals surface area (Å²) in [6.07, 6.45) is 13.9. The molecule has 0 bridgehead atoms. The molecule has 0 spiro atoms. The van der Waals surface area contributed by atoms with E-state index in [2.05, 4.69) is 32.7 Å². The van der Waals surface area contributed by atoms with Crippen molar-refractivity contribution in [2.75, 3.05) is 19.7 Å². The predicted molar refractivity (Wildman–Crippen MR) is 239 cm³/mol. The van der Waals surface area contributed by atoms with Gasteiger partial charge in [0.2, 0.25) is 0 Å². The fourth-order valence-electron chi connectivity index (χ4n) is 6.00. The van der Waals surface area contributed by atoms with Crippen LogP contribution in [0.25, 0.3) is 21.5 Å². The Balaban J connectivity index is 0.000000309. The van der Waals surface area contributed by atoms with Crippen LogP contribution in [0.15, 0.2) is 130 Å². The van der Waals surface area contributed by atoms with E-state index < -0.39 is 0 Å². The number of aliphatic hydroxyl groups is 1. The molecule has 13 heteroatoms. The number of aromatic hydroxyl groups is 4. The molecule has 0 amide bonds. The fraction of sp³-hybridized carbons (Fsp3) is 0.304. The van der Waals surface area contributed by atoms with Crippen LogP contribution in [0.3, 0.4) is 0 Å². The summed E-state index contributed by atoms with van der Waals surface area (Å²) in [5, 5.41) is 71.6. The molecule has 0 heterocycles. The summed E-state index contributed by atoms with van der Waals surface area (Å²) in [5.41, 5.74) is 1.20. The topological polar surface area (TPSA) is 163 Å². The Kier molecular flexibility index (Phi) is 22.4. The van der Waals surface area contributed by atoms with Crippen molar-refractivity contribution in [3.05, 3.63) is 119 Å². The van der Waals surface area contributed by atoms with Gasteiger partial charge in [-0.05, 0) is 72.3 Å². The first-order valence-corrected chi connectivity index (χ1v) is 20.5. The maximum absolute atomic E-state index is 9.97. The number of fused-ring (bicyclic) bond motifs is 2. The number of hydrogen-bond acceptors (Lipinski definition) is 10. The summed E-state index contributed by atoms with van der Waals surface area (Å²) < 4.78 is 0. The smallest absolute Gasteiger partial charge is 0.506 e. The normalized spacial score (nSPS) is 11.0. The molecule has 0 radical (unpaired) electrons. The minimum absolute atomic E-state index is 0. The zero-order chi connectivity index (χ0) is 41.5. The third kappa shape index (κ3) is 16.4. The van der Waals surface area contributed by atoms with E-state index >= 15 is 0 Å². The van der Waals surface area contributed by atoms with E-state index in [1.807, 2.05) is 48.5 Å². The number of unbranched alkanes of at least 4 members (excludes halogenated alkanes) is 9. The van der Waals surface area contributed by atoms with Crippen LogP contribution < -0.4 is 5.32 Å². The van der Waals surface area contributed by atoms with Gasteiger partial charge in [-0.1, -0.05) is 149 Å². The summed E-state index contributed by atoms with van der Waals surface area (Å²) in [6.45, 7) is 4.34. The van der Waals surface area contributed by atoms with Crippen molar-refractivity contribution in [2.45, 2.75) is 71.1 Å².